The first-order valence-electron chi connectivity index (χ1n) is 6.54. The molecule has 0 radical (unpaired) electrons. The second-order valence-corrected chi connectivity index (χ2v) is 4.36. The minimum Gasteiger partial charge on any atom is -0.493 e. The smallest absolute Gasteiger partial charge is 0.223 e. The molecule has 0 bridgehead atoms. The zero-order valence-corrected chi connectivity index (χ0v) is 11.3. The van der Waals surface area contributed by atoms with Gasteiger partial charge in [0.25, 0.3) is 0 Å². The third-order valence-corrected chi connectivity index (χ3v) is 2.79. The van der Waals surface area contributed by atoms with Crippen LogP contribution in [0, 0.1) is 0 Å². The van der Waals surface area contributed by atoms with Crippen molar-refractivity contribution in [1.29, 1.82) is 0 Å². The van der Waals surface area contributed by atoms with Crippen LogP contribution in [0.15, 0.2) is 24.3 Å². The topological polar surface area (TPSA) is 84.6 Å². The van der Waals surface area contributed by atoms with Gasteiger partial charge in [0.15, 0.2) is 0 Å². The number of amides is 1. The Kier molecular flexibility index (Phi) is 6.74. The van der Waals surface area contributed by atoms with Crippen molar-refractivity contribution in [2.24, 2.45) is 0 Å². The molecule has 0 aliphatic heterocycles. The molecule has 5 heteroatoms. The van der Waals surface area contributed by atoms with Gasteiger partial charge in [-0.25, -0.2) is 0 Å². The lowest BCUT2D eigenvalue weighted by atomic mass is 10.1. The molecule has 0 aromatic heterocycles. The number of benzene rings is 1. The van der Waals surface area contributed by atoms with Crippen molar-refractivity contribution in [3.8, 4) is 5.75 Å². The quantitative estimate of drug-likeness (QED) is 0.619. The molecule has 1 aromatic carbocycles. The maximum absolute atomic E-state index is 11.6. The van der Waals surface area contributed by atoms with Crippen LogP contribution in [-0.4, -0.2) is 30.3 Å². The molecule has 1 amide bonds. The van der Waals surface area contributed by atoms with Crippen molar-refractivity contribution < 1.29 is 14.6 Å². The molecule has 0 saturated heterocycles. The van der Waals surface area contributed by atoms with E-state index in [0.717, 1.165) is 6.42 Å². The van der Waals surface area contributed by atoms with Crippen molar-refractivity contribution in [3.05, 3.63) is 24.3 Å². The Morgan fingerprint density at radius 2 is 2.32 bits per heavy atom. The first-order chi connectivity index (χ1) is 9.15. The standard InChI is InChI=1S/C14H22N2O3/c1-2-12(6-8-17)16-14(18)7-9-19-13-5-3-4-11(15)10-13/h3-5,10,12,17H,2,6-9,15H2,1H3,(H,16,18). The average molecular weight is 266 g/mol. The van der Waals surface area contributed by atoms with Crippen LogP contribution in [0.1, 0.15) is 26.2 Å². The van der Waals surface area contributed by atoms with Gasteiger partial charge in [0.05, 0.1) is 13.0 Å². The van der Waals surface area contributed by atoms with Gasteiger partial charge in [0.2, 0.25) is 5.91 Å². The maximum Gasteiger partial charge on any atom is 0.223 e. The van der Waals surface area contributed by atoms with Gasteiger partial charge in [-0.3, -0.25) is 4.79 Å². The lowest BCUT2D eigenvalue weighted by Crippen LogP contribution is -2.35. The van der Waals surface area contributed by atoms with Crippen molar-refractivity contribution >= 4 is 11.6 Å². The number of rotatable bonds is 8. The molecule has 4 N–H and O–H groups in total. The molecule has 19 heavy (non-hydrogen) atoms. The van der Waals surface area contributed by atoms with Crippen LogP contribution in [0.25, 0.3) is 0 Å². The van der Waals surface area contributed by atoms with Crippen LogP contribution >= 0.6 is 0 Å². The molecule has 106 valence electrons. The highest BCUT2D eigenvalue weighted by Gasteiger charge is 2.09. The lowest BCUT2D eigenvalue weighted by molar-refractivity contribution is -0.122. The molecule has 0 aliphatic rings. The van der Waals surface area contributed by atoms with Crippen molar-refractivity contribution in [1.82, 2.24) is 5.32 Å². The van der Waals surface area contributed by atoms with Gasteiger partial charge in [0, 0.05) is 24.4 Å². The van der Waals surface area contributed by atoms with E-state index >= 15 is 0 Å². The minimum absolute atomic E-state index is 0.0323. The molecule has 1 atom stereocenters. The molecule has 0 aliphatic carbocycles. The molecule has 1 aromatic rings. The van der Waals surface area contributed by atoms with E-state index in [2.05, 4.69) is 5.32 Å². The number of anilines is 1. The van der Waals surface area contributed by atoms with Crippen LogP contribution in [0.5, 0.6) is 5.75 Å². The van der Waals surface area contributed by atoms with Crippen LogP contribution in [0.3, 0.4) is 0 Å². The molecule has 5 nitrogen and oxygen atoms in total. The fourth-order valence-corrected chi connectivity index (χ4v) is 1.70. The highest BCUT2D eigenvalue weighted by atomic mass is 16.5. The number of nitrogens with one attached hydrogen (secondary N) is 1. The summed E-state index contributed by atoms with van der Waals surface area (Å²) in [5, 5.41) is 11.7. The number of ether oxygens (including phenoxy) is 1. The molecule has 1 rings (SSSR count). The number of hydrogen-bond donors (Lipinski definition) is 3. The van der Waals surface area contributed by atoms with Gasteiger partial charge < -0.3 is 20.9 Å². The summed E-state index contributed by atoms with van der Waals surface area (Å²) in [6.07, 6.45) is 1.68. The summed E-state index contributed by atoms with van der Waals surface area (Å²) in [5.41, 5.74) is 6.26. The number of aliphatic hydroxyl groups excluding tert-OH is 1. The lowest BCUT2D eigenvalue weighted by Gasteiger charge is -2.15. The zero-order chi connectivity index (χ0) is 14.1. The van der Waals surface area contributed by atoms with E-state index in [-0.39, 0.29) is 25.0 Å². The largest absolute Gasteiger partial charge is 0.493 e. The fraction of sp³-hybridized carbons (Fsp3) is 0.500. The molecule has 0 heterocycles. The predicted octanol–water partition coefficient (Wildman–Crippen LogP) is 1.31. The number of nitrogens with two attached hydrogens (primary N) is 1. The highest BCUT2D eigenvalue weighted by molar-refractivity contribution is 5.76. The summed E-state index contributed by atoms with van der Waals surface area (Å²) in [5.74, 6) is 0.597. The molecular formula is C14H22N2O3. The monoisotopic (exact) mass is 266 g/mol. The predicted molar refractivity (Wildman–Crippen MR) is 74.9 cm³/mol. The summed E-state index contributed by atoms with van der Waals surface area (Å²) < 4.78 is 5.44. The SMILES string of the molecule is CCC(CCO)NC(=O)CCOc1cccc(N)c1. The fourth-order valence-electron chi connectivity index (χ4n) is 1.70. The second-order valence-electron chi connectivity index (χ2n) is 4.36. The Morgan fingerprint density at radius 3 is 2.95 bits per heavy atom. The van der Waals surface area contributed by atoms with Gasteiger partial charge in [0.1, 0.15) is 5.75 Å². The van der Waals surface area contributed by atoms with Crippen molar-refractivity contribution in [2.45, 2.75) is 32.2 Å². The van der Waals surface area contributed by atoms with E-state index in [1.807, 2.05) is 6.92 Å². The van der Waals surface area contributed by atoms with Crippen molar-refractivity contribution in [2.75, 3.05) is 18.9 Å². The van der Waals surface area contributed by atoms with E-state index in [4.69, 9.17) is 15.6 Å². The van der Waals surface area contributed by atoms with Gasteiger partial charge in [-0.1, -0.05) is 13.0 Å². The van der Waals surface area contributed by atoms with Gasteiger partial charge >= 0.3 is 0 Å². The van der Waals surface area contributed by atoms with E-state index in [1.54, 1.807) is 24.3 Å². The van der Waals surface area contributed by atoms with E-state index in [0.29, 0.717) is 24.5 Å². The van der Waals surface area contributed by atoms with Crippen molar-refractivity contribution in [3.63, 3.8) is 0 Å². The average Bonchev–Trinajstić information content (AvgIpc) is 2.38. The summed E-state index contributed by atoms with van der Waals surface area (Å²) in [6.45, 7) is 2.37. The molecule has 0 saturated carbocycles. The Labute approximate surface area is 113 Å². The third-order valence-electron chi connectivity index (χ3n) is 2.79. The number of nitrogen functional groups attached to an aromatic ring is 1. The van der Waals surface area contributed by atoms with Crippen LogP contribution in [-0.2, 0) is 4.79 Å². The van der Waals surface area contributed by atoms with Crippen LogP contribution < -0.4 is 15.8 Å². The molecule has 0 fully saturated rings. The molecular weight excluding hydrogens is 244 g/mol. The number of aliphatic hydroxyl groups is 1. The molecule has 1 unspecified atom stereocenters. The number of carbonyl (C=O) groups is 1. The van der Waals surface area contributed by atoms with E-state index in [1.165, 1.54) is 0 Å². The van der Waals surface area contributed by atoms with Gasteiger partial charge in [-0.15, -0.1) is 0 Å². The highest BCUT2D eigenvalue weighted by Crippen LogP contribution is 2.14. The number of carbonyl (C=O) groups excluding carboxylic acids is 1. The van der Waals surface area contributed by atoms with E-state index in [9.17, 15) is 4.79 Å². The Hall–Kier alpha value is -1.75. The van der Waals surface area contributed by atoms with Crippen LogP contribution in [0.2, 0.25) is 0 Å². The first kappa shape index (κ1) is 15.3. The first-order valence-corrected chi connectivity index (χ1v) is 6.54. The van der Waals surface area contributed by atoms with Gasteiger partial charge in [-0.2, -0.15) is 0 Å². The maximum atomic E-state index is 11.6. The minimum atomic E-state index is -0.0656. The second kappa shape index (κ2) is 8.37. The molecule has 0 spiro atoms. The van der Waals surface area contributed by atoms with E-state index < -0.39 is 0 Å². The van der Waals surface area contributed by atoms with Gasteiger partial charge in [-0.05, 0) is 25.0 Å². The Bertz CT molecular complexity index is 396. The number of hydrogen-bond acceptors (Lipinski definition) is 4. The summed E-state index contributed by atoms with van der Waals surface area (Å²) in [7, 11) is 0. The zero-order valence-electron chi connectivity index (χ0n) is 11.3. The Balaban J connectivity index is 2.27. The summed E-state index contributed by atoms with van der Waals surface area (Å²) in [6, 6.07) is 7.14. The third kappa shape index (κ3) is 6.10. The summed E-state index contributed by atoms with van der Waals surface area (Å²) >= 11 is 0. The normalized spacial score (nSPS) is 11.9. The van der Waals surface area contributed by atoms with Crippen LogP contribution in [0.4, 0.5) is 5.69 Å². The Morgan fingerprint density at radius 1 is 1.53 bits per heavy atom. The summed E-state index contributed by atoms with van der Waals surface area (Å²) in [4.78, 5) is 11.6.